The first-order valence-corrected chi connectivity index (χ1v) is 6.42. The Balaban J connectivity index is 2.01. The molecule has 0 unspecified atom stereocenters. The zero-order valence-electron chi connectivity index (χ0n) is 10.6. The number of ether oxygens (including phenoxy) is 1. The Morgan fingerprint density at radius 2 is 2.18 bits per heavy atom. The van der Waals surface area contributed by atoms with Crippen LogP contribution < -0.4 is 10.1 Å². The summed E-state index contributed by atoms with van der Waals surface area (Å²) in [7, 11) is 1.70. The topological polar surface area (TPSA) is 34.1 Å². The maximum atomic E-state index is 5.95. The van der Waals surface area contributed by atoms with Crippen LogP contribution in [0.25, 0.3) is 0 Å². The summed E-state index contributed by atoms with van der Waals surface area (Å²) in [5.74, 6) is 0.945. The van der Waals surface area contributed by atoms with Gasteiger partial charge in [-0.3, -0.25) is 4.98 Å². The molecule has 0 bridgehead atoms. The lowest BCUT2D eigenvalue weighted by molar-refractivity contribution is 0.342. The Kier molecular flexibility index (Phi) is 3.89. The van der Waals surface area contributed by atoms with Gasteiger partial charge in [0.15, 0.2) is 0 Å². The number of halogens is 1. The molecule has 17 heavy (non-hydrogen) atoms. The standard InChI is InChI=1S/C13H19ClN2O/c1-8-6-16-12(9(2)13(8)17-3)7-15-11-4-10(14)5-11/h6,10-11,15H,4-5,7H2,1-3H3. The first kappa shape index (κ1) is 12.7. The van der Waals surface area contributed by atoms with Gasteiger partial charge in [0.25, 0.3) is 0 Å². The summed E-state index contributed by atoms with van der Waals surface area (Å²) in [6.07, 6.45) is 3.99. The molecular formula is C13H19ClN2O. The zero-order chi connectivity index (χ0) is 12.4. The van der Waals surface area contributed by atoms with Crippen molar-refractivity contribution in [2.75, 3.05) is 7.11 Å². The van der Waals surface area contributed by atoms with Gasteiger partial charge < -0.3 is 10.1 Å². The molecular weight excluding hydrogens is 236 g/mol. The molecule has 0 radical (unpaired) electrons. The molecule has 2 rings (SSSR count). The van der Waals surface area contributed by atoms with E-state index in [2.05, 4.69) is 17.2 Å². The Morgan fingerprint density at radius 3 is 2.76 bits per heavy atom. The van der Waals surface area contributed by atoms with Gasteiger partial charge in [-0.15, -0.1) is 11.6 Å². The lowest BCUT2D eigenvalue weighted by Gasteiger charge is -2.31. The van der Waals surface area contributed by atoms with E-state index in [0.717, 1.165) is 42.0 Å². The lowest BCUT2D eigenvalue weighted by atomic mass is 9.92. The van der Waals surface area contributed by atoms with E-state index in [1.165, 1.54) is 0 Å². The van der Waals surface area contributed by atoms with Crippen LogP contribution in [0.4, 0.5) is 0 Å². The summed E-state index contributed by atoms with van der Waals surface area (Å²) in [6.45, 7) is 4.86. The van der Waals surface area contributed by atoms with Gasteiger partial charge in [-0.05, 0) is 26.7 Å². The van der Waals surface area contributed by atoms with Gasteiger partial charge >= 0.3 is 0 Å². The second-order valence-electron chi connectivity index (χ2n) is 4.69. The first-order valence-electron chi connectivity index (χ1n) is 5.98. The molecule has 0 atom stereocenters. The van der Waals surface area contributed by atoms with Crippen molar-refractivity contribution in [3.8, 4) is 5.75 Å². The van der Waals surface area contributed by atoms with Crippen LogP contribution in [0.1, 0.15) is 29.7 Å². The highest BCUT2D eigenvalue weighted by atomic mass is 35.5. The number of nitrogens with one attached hydrogen (secondary N) is 1. The summed E-state index contributed by atoms with van der Waals surface area (Å²) in [5.41, 5.74) is 3.27. The fourth-order valence-electron chi connectivity index (χ4n) is 2.21. The van der Waals surface area contributed by atoms with Crippen molar-refractivity contribution in [1.82, 2.24) is 10.3 Å². The fourth-order valence-corrected chi connectivity index (χ4v) is 2.64. The summed E-state index contributed by atoms with van der Waals surface area (Å²) in [4.78, 5) is 4.46. The monoisotopic (exact) mass is 254 g/mol. The third-order valence-corrected chi connectivity index (χ3v) is 3.74. The molecule has 4 heteroatoms. The smallest absolute Gasteiger partial charge is 0.128 e. The first-order chi connectivity index (χ1) is 8.11. The molecule has 1 aromatic heterocycles. The number of pyridine rings is 1. The van der Waals surface area contributed by atoms with E-state index in [-0.39, 0.29) is 0 Å². The molecule has 0 amide bonds. The summed E-state index contributed by atoms with van der Waals surface area (Å²) in [6, 6.07) is 0.547. The van der Waals surface area contributed by atoms with Crippen LogP contribution in [0, 0.1) is 13.8 Å². The van der Waals surface area contributed by atoms with Crippen LogP contribution in [0.15, 0.2) is 6.20 Å². The third-order valence-electron chi connectivity index (χ3n) is 3.39. The third kappa shape index (κ3) is 2.72. The molecule has 0 spiro atoms. The van der Waals surface area contributed by atoms with Crippen molar-refractivity contribution in [3.63, 3.8) is 0 Å². The molecule has 1 aromatic rings. The van der Waals surface area contributed by atoms with Crippen LogP contribution in [0.5, 0.6) is 5.75 Å². The molecule has 3 nitrogen and oxygen atoms in total. The minimum absolute atomic E-state index is 0.356. The predicted molar refractivity (Wildman–Crippen MR) is 69.8 cm³/mol. The second-order valence-corrected chi connectivity index (χ2v) is 5.31. The van der Waals surface area contributed by atoms with Crippen molar-refractivity contribution in [2.45, 2.75) is 44.7 Å². The predicted octanol–water partition coefficient (Wildman–Crippen LogP) is 2.57. The summed E-state index contributed by atoms with van der Waals surface area (Å²) in [5, 5.41) is 3.83. The SMILES string of the molecule is COc1c(C)cnc(CNC2CC(Cl)C2)c1C. The van der Waals surface area contributed by atoms with Gasteiger partial charge in [-0.1, -0.05) is 0 Å². The number of hydrogen-bond acceptors (Lipinski definition) is 3. The van der Waals surface area contributed by atoms with E-state index in [9.17, 15) is 0 Å². The number of hydrogen-bond donors (Lipinski definition) is 1. The molecule has 0 aromatic carbocycles. The van der Waals surface area contributed by atoms with Crippen LogP contribution in [0.3, 0.4) is 0 Å². The molecule has 1 N–H and O–H groups in total. The average Bonchev–Trinajstić information content (AvgIpc) is 2.26. The number of rotatable bonds is 4. The minimum atomic E-state index is 0.356. The van der Waals surface area contributed by atoms with Gasteiger partial charge in [0.2, 0.25) is 0 Å². The molecule has 94 valence electrons. The van der Waals surface area contributed by atoms with Gasteiger partial charge in [0.05, 0.1) is 12.8 Å². The number of aromatic nitrogens is 1. The van der Waals surface area contributed by atoms with Crippen molar-refractivity contribution >= 4 is 11.6 Å². The van der Waals surface area contributed by atoms with Gasteiger partial charge in [-0.2, -0.15) is 0 Å². The van der Waals surface area contributed by atoms with Crippen molar-refractivity contribution < 1.29 is 4.74 Å². The van der Waals surface area contributed by atoms with Crippen LogP contribution >= 0.6 is 11.6 Å². The largest absolute Gasteiger partial charge is 0.496 e. The minimum Gasteiger partial charge on any atom is -0.496 e. The van der Waals surface area contributed by atoms with E-state index < -0.39 is 0 Å². The van der Waals surface area contributed by atoms with Crippen LogP contribution in [-0.4, -0.2) is 23.5 Å². The molecule has 0 aliphatic heterocycles. The highest BCUT2D eigenvalue weighted by molar-refractivity contribution is 6.21. The molecule has 0 saturated heterocycles. The Labute approximate surface area is 108 Å². The van der Waals surface area contributed by atoms with Crippen LogP contribution in [-0.2, 0) is 6.54 Å². The van der Waals surface area contributed by atoms with Gasteiger partial charge in [-0.25, -0.2) is 0 Å². The van der Waals surface area contributed by atoms with E-state index in [4.69, 9.17) is 16.3 Å². The van der Waals surface area contributed by atoms with Crippen molar-refractivity contribution in [3.05, 3.63) is 23.0 Å². The van der Waals surface area contributed by atoms with Crippen molar-refractivity contribution in [1.29, 1.82) is 0 Å². The summed E-state index contributed by atoms with van der Waals surface area (Å²) >= 11 is 5.95. The van der Waals surface area contributed by atoms with E-state index in [1.54, 1.807) is 7.11 Å². The van der Waals surface area contributed by atoms with Crippen molar-refractivity contribution in [2.24, 2.45) is 0 Å². The number of nitrogens with zero attached hydrogens (tertiary/aromatic N) is 1. The number of methoxy groups -OCH3 is 1. The fraction of sp³-hybridized carbons (Fsp3) is 0.615. The maximum Gasteiger partial charge on any atom is 0.128 e. The Hall–Kier alpha value is -0.800. The quantitative estimate of drug-likeness (QED) is 0.839. The molecule has 1 heterocycles. The lowest BCUT2D eigenvalue weighted by Crippen LogP contribution is -2.41. The zero-order valence-corrected chi connectivity index (χ0v) is 11.3. The van der Waals surface area contributed by atoms with Crippen LogP contribution in [0.2, 0.25) is 0 Å². The van der Waals surface area contributed by atoms with E-state index >= 15 is 0 Å². The molecule has 1 fully saturated rings. The molecule has 1 aliphatic carbocycles. The highest BCUT2D eigenvalue weighted by Crippen LogP contribution is 2.27. The highest BCUT2D eigenvalue weighted by Gasteiger charge is 2.26. The molecule has 1 aliphatic rings. The van der Waals surface area contributed by atoms with E-state index in [1.807, 2.05) is 13.1 Å². The van der Waals surface area contributed by atoms with Gasteiger partial charge in [0, 0.05) is 35.3 Å². The molecule has 1 saturated carbocycles. The number of aryl methyl sites for hydroxylation is 1. The normalized spacial score (nSPS) is 23.3. The Morgan fingerprint density at radius 1 is 1.47 bits per heavy atom. The summed E-state index contributed by atoms with van der Waals surface area (Å²) < 4.78 is 5.39. The maximum absolute atomic E-state index is 5.95. The average molecular weight is 255 g/mol. The van der Waals surface area contributed by atoms with Gasteiger partial charge in [0.1, 0.15) is 5.75 Å². The Bertz CT molecular complexity index is 403. The van der Waals surface area contributed by atoms with E-state index in [0.29, 0.717) is 11.4 Å². The second kappa shape index (κ2) is 5.23. The number of alkyl halides is 1.